The Morgan fingerprint density at radius 2 is 1.22 bits per heavy atom. The summed E-state index contributed by atoms with van der Waals surface area (Å²) in [7, 11) is 8.25. The molecule has 0 heterocycles. The molecule has 0 fully saturated rings. The van der Waals surface area contributed by atoms with Crippen molar-refractivity contribution in [3.05, 3.63) is 0 Å². The van der Waals surface area contributed by atoms with Crippen LogP contribution in [0.3, 0.4) is 0 Å². The van der Waals surface area contributed by atoms with E-state index in [1.54, 1.807) is 0 Å². The van der Waals surface area contributed by atoms with E-state index in [-0.39, 0.29) is 4.52 Å². The average Bonchev–Trinajstić information content (AvgIpc) is 1.65. The van der Waals surface area contributed by atoms with Gasteiger partial charge in [0.05, 0.1) is 0 Å². The van der Waals surface area contributed by atoms with Crippen molar-refractivity contribution < 1.29 is 0 Å². The minimum Gasteiger partial charge on any atom is -0.307 e. The normalized spacial score (nSPS) is 13.2. The van der Waals surface area contributed by atoms with E-state index in [1.165, 1.54) is 0 Å². The molecule has 52 valence electrons. The highest BCUT2D eigenvalue weighted by atomic mass is 27.0. The molecule has 2 nitrogen and oxygen atoms in total. The molecular formula is C6H15AlN2. The van der Waals surface area contributed by atoms with Gasteiger partial charge in [0, 0.05) is 0 Å². The van der Waals surface area contributed by atoms with E-state index in [0.29, 0.717) is 0 Å². The number of nitrogens with zero attached hydrogens (tertiary/aromatic N) is 2. The van der Waals surface area contributed by atoms with Gasteiger partial charge in [0.1, 0.15) is 0 Å². The average molecular weight is 142 g/mol. The van der Waals surface area contributed by atoms with Gasteiger partial charge in [-0.25, -0.2) is 0 Å². The fourth-order valence-corrected chi connectivity index (χ4v) is 0.400. The lowest BCUT2D eigenvalue weighted by molar-refractivity contribution is 0.103. The lowest BCUT2D eigenvalue weighted by Gasteiger charge is -2.40. The van der Waals surface area contributed by atoms with Crippen LogP contribution >= 0.6 is 0 Å². The van der Waals surface area contributed by atoms with Gasteiger partial charge in [-0.15, -0.1) is 0 Å². The summed E-state index contributed by atoms with van der Waals surface area (Å²) in [5.41, 5.74) is 0. The number of hydrogen-bond acceptors (Lipinski definition) is 2. The van der Waals surface area contributed by atoms with Crippen molar-refractivity contribution in [3.8, 4) is 0 Å². The summed E-state index contributed by atoms with van der Waals surface area (Å²) in [6, 6.07) is 0. The molecule has 3 heteroatoms. The van der Waals surface area contributed by atoms with Crippen LogP contribution in [0.5, 0.6) is 0 Å². The van der Waals surface area contributed by atoms with Gasteiger partial charge in [0.15, 0.2) is 16.3 Å². The van der Waals surface area contributed by atoms with E-state index in [4.69, 9.17) is 0 Å². The Labute approximate surface area is 66.2 Å². The van der Waals surface area contributed by atoms with Crippen molar-refractivity contribution in [2.75, 3.05) is 28.2 Å². The maximum absolute atomic E-state index is 2.80. The summed E-state index contributed by atoms with van der Waals surface area (Å²) >= 11 is 2.80. The molecule has 0 spiro atoms. The third-order valence-electron chi connectivity index (χ3n) is 1.81. The molecule has 0 unspecified atom stereocenters. The molecule has 0 atom stereocenters. The quantitative estimate of drug-likeness (QED) is 0.394. The second-order valence-corrected chi connectivity index (χ2v) is 3.98. The van der Waals surface area contributed by atoms with Crippen LogP contribution in [0.4, 0.5) is 0 Å². The summed E-state index contributed by atoms with van der Waals surface area (Å²) in [6.07, 6.45) is 0. The molecule has 0 aliphatic rings. The van der Waals surface area contributed by atoms with E-state index in [9.17, 15) is 0 Å². The predicted molar refractivity (Wildman–Crippen MR) is 41.5 cm³/mol. The predicted octanol–water partition coefficient (Wildman–Crippen LogP) is -0.0482. The molecule has 0 saturated carbocycles. The monoisotopic (exact) mass is 142 g/mol. The second kappa shape index (κ2) is 3.03. The molecule has 2 radical (unpaired) electrons. The molecule has 0 aromatic carbocycles. The van der Waals surface area contributed by atoms with Crippen molar-refractivity contribution in [1.82, 2.24) is 9.80 Å². The first kappa shape index (κ1) is 9.45. The van der Waals surface area contributed by atoms with Crippen LogP contribution in [-0.2, 0) is 0 Å². The van der Waals surface area contributed by atoms with Gasteiger partial charge in [0.25, 0.3) is 0 Å². The number of rotatable bonds is 2. The summed E-state index contributed by atoms with van der Waals surface area (Å²) in [5.74, 6) is 0. The third-order valence-corrected chi connectivity index (χ3v) is 2.84. The maximum Gasteiger partial charge on any atom is 0.181 e. The van der Waals surface area contributed by atoms with Gasteiger partial charge in [-0.2, -0.15) is 0 Å². The van der Waals surface area contributed by atoms with E-state index >= 15 is 0 Å². The van der Waals surface area contributed by atoms with E-state index in [1.807, 2.05) is 0 Å². The smallest absolute Gasteiger partial charge is 0.181 e. The highest BCUT2D eigenvalue weighted by Gasteiger charge is 2.19. The van der Waals surface area contributed by atoms with Gasteiger partial charge in [-0.3, -0.25) is 0 Å². The Morgan fingerprint density at radius 1 is 1.00 bits per heavy atom. The van der Waals surface area contributed by atoms with Crippen LogP contribution in [0.2, 0.25) is 0 Å². The Bertz CT molecular complexity index is 79.1. The van der Waals surface area contributed by atoms with Crippen LogP contribution in [0.1, 0.15) is 6.92 Å². The van der Waals surface area contributed by atoms with Crippen LogP contribution in [0, 0.1) is 0 Å². The summed E-state index contributed by atoms with van der Waals surface area (Å²) in [4.78, 5) is 4.30. The Hall–Kier alpha value is 0.452. The molecule has 0 aliphatic heterocycles. The summed E-state index contributed by atoms with van der Waals surface area (Å²) in [5, 5.41) is 0. The molecular weight excluding hydrogens is 127 g/mol. The van der Waals surface area contributed by atoms with Gasteiger partial charge in [-0.1, -0.05) is 0 Å². The molecule has 9 heavy (non-hydrogen) atoms. The van der Waals surface area contributed by atoms with Crippen molar-refractivity contribution >= 4 is 16.3 Å². The van der Waals surface area contributed by atoms with Crippen molar-refractivity contribution in [1.29, 1.82) is 0 Å². The second-order valence-electron chi connectivity index (χ2n) is 2.88. The largest absolute Gasteiger partial charge is 0.307 e. The van der Waals surface area contributed by atoms with E-state index < -0.39 is 0 Å². The SMILES string of the molecule is CN(C)[C](C)([Al])N(C)C. The molecule has 0 aromatic heterocycles. The Kier molecular flexibility index (Phi) is 3.18. The Balaban J connectivity index is 4.01. The third kappa shape index (κ3) is 2.27. The van der Waals surface area contributed by atoms with Gasteiger partial charge < -0.3 is 9.80 Å². The zero-order chi connectivity index (χ0) is 7.65. The van der Waals surface area contributed by atoms with Crippen LogP contribution in [0.25, 0.3) is 0 Å². The van der Waals surface area contributed by atoms with Gasteiger partial charge in [-0.05, 0) is 39.6 Å². The van der Waals surface area contributed by atoms with Crippen LogP contribution < -0.4 is 0 Å². The standard InChI is InChI=1S/C6H15N2.Al/c1-6(7(2)3)8(4)5;/h1-5H3;. The molecule has 0 N–H and O–H groups in total. The first-order valence-corrected chi connectivity index (χ1v) is 3.60. The fraction of sp³-hybridized carbons (Fsp3) is 1.00. The molecule has 0 saturated heterocycles. The van der Waals surface area contributed by atoms with Crippen LogP contribution in [-0.4, -0.2) is 58.8 Å². The zero-order valence-electron chi connectivity index (χ0n) is 6.97. The van der Waals surface area contributed by atoms with Crippen molar-refractivity contribution in [2.45, 2.75) is 11.4 Å². The minimum absolute atomic E-state index is 0.0833. The molecule has 0 amide bonds. The fourth-order valence-electron chi connectivity index (χ4n) is 0.400. The van der Waals surface area contributed by atoms with Crippen molar-refractivity contribution in [3.63, 3.8) is 0 Å². The molecule has 0 rings (SSSR count). The first-order chi connectivity index (χ1) is 3.89. The van der Waals surface area contributed by atoms with Gasteiger partial charge >= 0.3 is 0 Å². The van der Waals surface area contributed by atoms with Gasteiger partial charge in [0.2, 0.25) is 0 Å². The summed E-state index contributed by atoms with van der Waals surface area (Å²) in [6.45, 7) is 2.15. The van der Waals surface area contributed by atoms with Crippen molar-refractivity contribution in [2.24, 2.45) is 0 Å². The molecule has 0 aromatic rings. The topological polar surface area (TPSA) is 6.48 Å². The number of hydrogen-bond donors (Lipinski definition) is 0. The lowest BCUT2D eigenvalue weighted by Crippen LogP contribution is -2.53. The first-order valence-electron chi connectivity index (χ1n) is 3.02. The van der Waals surface area contributed by atoms with Crippen LogP contribution in [0.15, 0.2) is 0 Å². The highest BCUT2D eigenvalue weighted by molar-refractivity contribution is 6.14. The summed E-state index contributed by atoms with van der Waals surface area (Å²) < 4.78 is 0.0833. The minimum atomic E-state index is 0.0833. The maximum atomic E-state index is 2.80. The molecule has 0 bridgehead atoms. The lowest BCUT2D eigenvalue weighted by atomic mass is 10.4. The van der Waals surface area contributed by atoms with E-state index in [2.05, 4.69) is 61.2 Å². The molecule has 0 aliphatic carbocycles. The zero-order valence-corrected chi connectivity index (χ0v) is 8.13. The van der Waals surface area contributed by atoms with E-state index in [0.717, 1.165) is 0 Å². The Morgan fingerprint density at radius 3 is 1.22 bits per heavy atom. The highest BCUT2D eigenvalue weighted by Crippen LogP contribution is 2.07.